The van der Waals surface area contributed by atoms with Gasteiger partial charge in [-0.25, -0.2) is 0 Å². The SMILES string of the molecule is C=CC1NO1. The zero-order valence-electron chi connectivity index (χ0n) is 2.77. The first-order chi connectivity index (χ1) is 2.43. The van der Waals surface area contributed by atoms with Crippen molar-refractivity contribution in [2.75, 3.05) is 0 Å². The van der Waals surface area contributed by atoms with Crippen molar-refractivity contribution < 1.29 is 4.84 Å². The van der Waals surface area contributed by atoms with Crippen LogP contribution in [0.2, 0.25) is 0 Å². The van der Waals surface area contributed by atoms with E-state index in [4.69, 9.17) is 0 Å². The van der Waals surface area contributed by atoms with Gasteiger partial charge in [0.25, 0.3) is 0 Å². The average molecular weight is 71.1 g/mol. The molecular formula is C3H5NO. The molecule has 1 atom stereocenters. The summed E-state index contributed by atoms with van der Waals surface area (Å²) in [7, 11) is 0. The highest BCUT2D eigenvalue weighted by Gasteiger charge is 2.15. The molecule has 28 valence electrons. The van der Waals surface area contributed by atoms with Crippen LogP contribution in [0.5, 0.6) is 0 Å². The summed E-state index contributed by atoms with van der Waals surface area (Å²) in [5.74, 6) is 0. The summed E-state index contributed by atoms with van der Waals surface area (Å²) in [4.78, 5) is 4.49. The maximum Gasteiger partial charge on any atom is 0.169 e. The van der Waals surface area contributed by atoms with Gasteiger partial charge in [0.1, 0.15) is 0 Å². The number of hydrogen-bond donors (Lipinski definition) is 1. The molecule has 1 aliphatic rings. The Kier molecular flexibility index (Phi) is 0.465. The van der Waals surface area contributed by atoms with Crippen LogP contribution in [0.3, 0.4) is 0 Å². The Morgan fingerprint density at radius 3 is 2.60 bits per heavy atom. The standard InChI is InChI=1S/C3H5NO/c1-2-3-4-5-3/h2-4H,1H2. The van der Waals surface area contributed by atoms with Gasteiger partial charge in [0.2, 0.25) is 0 Å². The maximum atomic E-state index is 4.49. The van der Waals surface area contributed by atoms with Gasteiger partial charge >= 0.3 is 0 Å². The Balaban J connectivity index is 2.21. The topological polar surface area (TPSA) is 34.5 Å². The van der Waals surface area contributed by atoms with Gasteiger partial charge in [-0.15, -0.1) is 0 Å². The molecule has 1 aliphatic heterocycles. The molecule has 1 rings (SSSR count). The lowest BCUT2D eigenvalue weighted by Crippen LogP contribution is -1.76. The fourth-order valence-corrected chi connectivity index (χ4v) is 0.136. The zero-order valence-corrected chi connectivity index (χ0v) is 2.77. The average Bonchev–Trinajstić information content (AvgIpc) is 2.12. The van der Waals surface area contributed by atoms with Gasteiger partial charge in [0.05, 0.1) is 0 Å². The van der Waals surface area contributed by atoms with Gasteiger partial charge in [-0.05, 0) is 6.08 Å². The minimum absolute atomic E-state index is 0.148. The third-order valence-electron chi connectivity index (χ3n) is 0.468. The number of hydrogen-bond acceptors (Lipinski definition) is 2. The number of nitrogens with one attached hydrogen (secondary N) is 1. The Morgan fingerprint density at radius 1 is 2.00 bits per heavy atom. The van der Waals surface area contributed by atoms with E-state index in [1.165, 1.54) is 0 Å². The van der Waals surface area contributed by atoms with Crippen LogP contribution in [-0.4, -0.2) is 6.23 Å². The van der Waals surface area contributed by atoms with Crippen molar-refractivity contribution in [3.63, 3.8) is 0 Å². The molecule has 0 aromatic heterocycles. The molecule has 2 nitrogen and oxygen atoms in total. The minimum Gasteiger partial charge on any atom is -0.274 e. The quantitative estimate of drug-likeness (QED) is 0.349. The van der Waals surface area contributed by atoms with Crippen molar-refractivity contribution in [1.29, 1.82) is 0 Å². The third-order valence-corrected chi connectivity index (χ3v) is 0.468. The van der Waals surface area contributed by atoms with Crippen molar-refractivity contribution >= 4 is 0 Å². The molecular weight excluding hydrogens is 66.0 g/mol. The number of hydroxylamine groups is 1. The fourth-order valence-electron chi connectivity index (χ4n) is 0.136. The highest BCUT2D eigenvalue weighted by molar-refractivity contribution is 4.80. The summed E-state index contributed by atoms with van der Waals surface area (Å²) < 4.78 is 0. The van der Waals surface area contributed by atoms with Crippen molar-refractivity contribution in [2.45, 2.75) is 6.23 Å². The minimum atomic E-state index is 0.148. The van der Waals surface area contributed by atoms with E-state index >= 15 is 0 Å². The Labute approximate surface area is 30.4 Å². The molecule has 0 spiro atoms. The molecule has 1 saturated heterocycles. The van der Waals surface area contributed by atoms with Crippen LogP contribution in [0.1, 0.15) is 0 Å². The molecule has 1 fully saturated rings. The summed E-state index contributed by atoms with van der Waals surface area (Å²) >= 11 is 0. The second kappa shape index (κ2) is 0.808. The second-order valence-corrected chi connectivity index (χ2v) is 0.892. The summed E-state index contributed by atoms with van der Waals surface area (Å²) in [6.07, 6.45) is 1.84. The molecule has 5 heavy (non-hydrogen) atoms. The normalized spacial score (nSPS) is 33.2. The molecule has 0 amide bonds. The van der Waals surface area contributed by atoms with E-state index in [9.17, 15) is 0 Å². The lowest BCUT2D eigenvalue weighted by atomic mass is 10.6. The Morgan fingerprint density at radius 2 is 2.60 bits per heavy atom. The van der Waals surface area contributed by atoms with Gasteiger partial charge < -0.3 is 0 Å². The second-order valence-electron chi connectivity index (χ2n) is 0.892. The van der Waals surface area contributed by atoms with E-state index in [0.29, 0.717) is 0 Å². The van der Waals surface area contributed by atoms with Crippen LogP contribution in [0.25, 0.3) is 0 Å². The highest BCUT2D eigenvalue weighted by Crippen LogP contribution is 1.96. The smallest absolute Gasteiger partial charge is 0.169 e. The van der Waals surface area contributed by atoms with E-state index in [1.54, 1.807) is 6.08 Å². The Bertz CT molecular complexity index is 48.9. The van der Waals surface area contributed by atoms with Gasteiger partial charge in [-0.1, -0.05) is 6.58 Å². The Hall–Kier alpha value is -0.340. The number of rotatable bonds is 1. The predicted octanol–water partition coefficient (Wildman–Crippen LogP) is 0.0333. The maximum absolute atomic E-state index is 4.49. The van der Waals surface area contributed by atoms with Gasteiger partial charge in [-0.3, -0.25) is 4.84 Å². The van der Waals surface area contributed by atoms with Crippen LogP contribution in [0, 0.1) is 0 Å². The van der Waals surface area contributed by atoms with Crippen LogP contribution >= 0.6 is 0 Å². The van der Waals surface area contributed by atoms with Crippen molar-refractivity contribution in [2.24, 2.45) is 0 Å². The van der Waals surface area contributed by atoms with Crippen LogP contribution in [0.15, 0.2) is 12.7 Å². The summed E-state index contributed by atoms with van der Waals surface area (Å²) in [6.45, 7) is 3.44. The molecule has 0 radical (unpaired) electrons. The lowest BCUT2D eigenvalue weighted by molar-refractivity contribution is 0.390. The van der Waals surface area contributed by atoms with Crippen molar-refractivity contribution in [3.05, 3.63) is 12.7 Å². The van der Waals surface area contributed by atoms with Crippen LogP contribution in [0.4, 0.5) is 0 Å². The van der Waals surface area contributed by atoms with E-state index in [1.807, 2.05) is 0 Å². The zero-order chi connectivity index (χ0) is 3.70. The van der Waals surface area contributed by atoms with Crippen molar-refractivity contribution in [3.8, 4) is 0 Å². The molecule has 0 aromatic rings. The highest BCUT2D eigenvalue weighted by atomic mass is 16.8. The van der Waals surface area contributed by atoms with Crippen LogP contribution in [-0.2, 0) is 4.84 Å². The van der Waals surface area contributed by atoms with E-state index in [-0.39, 0.29) is 6.23 Å². The fraction of sp³-hybridized carbons (Fsp3) is 0.333. The molecule has 0 saturated carbocycles. The molecule has 2 heteroatoms. The van der Waals surface area contributed by atoms with Crippen molar-refractivity contribution in [1.82, 2.24) is 5.48 Å². The predicted molar refractivity (Wildman–Crippen MR) is 18.2 cm³/mol. The molecule has 1 N–H and O–H groups in total. The van der Waals surface area contributed by atoms with Gasteiger partial charge in [-0.2, -0.15) is 5.48 Å². The molecule has 0 bridgehead atoms. The summed E-state index contributed by atoms with van der Waals surface area (Å²) in [6, 6.07) is 0. The van der Waals surface area contributed by atoms with E-state index in [0.717, 1.165) is 0 Å². The molecule has 0 aromatic carbocycles. The summed E-state index contributed by atoms with van der Waals surface area (Å²) in [5, 5.41) is 0. The molecule has 1 heterocycles. The van der Waals surface area contributed by atoms with Gasteiger partial charge in [0, 0.05) is 0 Å². The lowest BCUT2D eigenvalue weighted by Gasteiger charge is -1.55. The van der Waals surface area contributed by atoms with E-state index in [2.05, 4.69) is 16.9 Å². The first kappa shape index (κ1) is 2.87. The third kappa shape index (κ3) is 0.464. The monoisotopic (exact) mass is 71.0 g/mol. The molecule has 0 aliphatic carbocycles. The summed E-state index contributed by atoms with van der Waals surface area (Å²) in [5.41, 5.74) is 2.57. The van der Waals surface area contributed by atoms with Crippen LogP contribution < -0.4 is 5.48 Å². The van der Waals surface area contributed by atoms with E-state index < -0.39 is 0 Å². The largest absolute Gasteiger partial charge is 0.274 e. The first-order valence-electron chi connectivity index (χ1n) is 1.47. The van der Waals surface area contributed by atoms with Gasteiger partial charge in [0.15, 0.2) is 6.23 Å². The first-order valence-corrected chi connectivity index (χ1v) is 1.47. The molecule has 1 unspecified atom stereocenters.